The lowest BCUT2D eigenvalue weighted by Gasteiger charge is -2.21. The molecule has 1 N–H and O–H groups in total. The topological polar surface area (TPSA) is 50.3 Å². The number of methoxy groups -OCH3 is 1. The van der Waals surface area contributed by atoms with Crippen LogP contribution in [0, 0.1) is 6.92 Å². The van der Waals surface area contributed by atoms with Gasteiger partial charge in [0, 0.05) is 39.7 Å². The van der Waals surface area contributed by atoms with Crippen LogP contribution in [0.2, 0.25) is 0 Å². The number of ether oxygens (including phenoxy) is 1. The molecule has 0 amide bonds. The van der Waals surface area contributed by atoms with Crippen molar-refractivity contribution in [2.45, 2.75) is 20.3 Å². The number of nitrogens with one attached hydrogen (secondary N) is 1. The summed E-state index contributed by atoms with van der Waals surface area (Å²) in [5.41, 5.74) is 1.07. The molecule has 0 fully saturated rings. The SMILES string of the molecule is CCc1nc(NC)c(C)c(N(C)CCOC)n1. The minimum absolute atomic E-state index is 0.691. The van der Waals surface area contributed by atoms with E-state index in [0.717, 1.165) is 36.0 Å². The van der Waals surface area contributed by atoms with Crippen molar-refractivity contribution in [2.24, 2.45) is 0 Å². The van der Waals surface area contributed by atoms with E-state index >= 15 is 0 Å². The average Bonchev–Trinajstić information content (AvgIpc) is 2.36. The van der Waals surface area contributed by atoms with Gasteiger partial charge in [-0.15, -0.1) is 0 Å². The van der Waals surface area contributed by atoms with E-state index in [9.17, 15) is 0 Å². The lowest BCUT2D eigenvalue weighted by molar-refractivity contribution is 0.206. The van der Waals surface area contributed by atoms with E-state index in [-0.39, 0.29) is 0 Å². The lowest BCUT2D eigenvalue weighted by atomic mass is 10.2. The minimum Gasteiger partial charge on any atom is -0.383 e. The molecule has 0 saturated carbocycles. The van der Waals surface area contributed by atoms with Gasteiger partial charge in [0.15, 0.2) is 0 Å². The number of hydrogen-bond donors (Lipinski definition) is 1. The fourth-order valence-electron chi connectivity index (χ4n) is 1.66. The summed E-state index contributed by atoms with van der Waals surface area (Å²) in [6.07, 6.45) is 0.833. The van der Waals surface area contributed by atoms with Crippen molar-refractivity contribution in [3.8, 4) is 0 Å². The van der Waals surface area contributed by atoms with E-state index in [2.05, 4.69) is 27.1 Å². The first-order valence-corrected chi connectivity index (χ1v) is 5.89. The van der Waals surface area contributed by atoms with Crippen molar-refractivity contribution >= 4 is 11.6 Å². The molecular formula is C12H22N4O. The fraction of sp³-hybridized carbons (Fsp3) is 0.667. The number of aryl methyl sites for hydroxylation is 1. The van der Waals surface area contributed by atoms with E-state index in [4.69, 9.17) is 4.74 Å². The molecule has 0 saturated heterocycles. The van der Waals surface area contributed by atoms with E-state index in [1.807, 2.05) is 21.0 Å². The van der Waals surface area contributed by atoms with Crippen LogP contribution in [0.15, 0.2) is 0 Å². The maximum absolute atomic E-state index is 5.09. The second-order valence-corrected chi connectivity index (χ2v) is 3.95. The van der Waals surface area contributed by atoms with Crippen molar-refractivity contribution in [1.29, 1.82) is 0 Å². The van der Waals surface area contributed by atoms with Gasteiger partial charge in [-0.25, -0.2) is 9.97 Å². The zero-order valence-electron chi connectivity index (χ0n) is 11.4. The second kappa shape index (κ2) is 6.39. The molecule has 0 aliphatic carbocycles. The number of aromatic nitrogens is 2. The highest BCUT2D eigenvalue weighted by Crippen LogP contribution is 2.22. The van der Waals surface area contributed by atoms with Gasteiger partial charge in [0.2, 0.25) is 0 Å². The van der Waals surface area contributed by atoms with Crippen molar-refractivity contribution in [2.75, 3.05) is 44.6 Å². The van der Waals surface area contributed by atoms with Gasteiger partial charge >= 0.3 is 0 Å². The Bertz CT molecular complexity index is 368. The van der Waals surface area contributed by atoms with Crippen LogP contribution in [0.3, 0.4) is 0 Å². The Morgan fingerprint density at radius 1 is 1.35 bits per heavy atom. The highest BCUT2D eigenvalue weighted by Gasteiger charge is 2.12. The molecule has 0 radical (unpaired) electrons. The first-order valence-electron chi connectivity index (χ1n) is 5.89. The second-order valence-electron chi connectivity index (χ2n) is 3.95. The normalized spacial score (nSPS) is 10.4. The number of nitrogens with zero attached hydrogens (tertiary/aromatic N) is 3. The van der Waals surface area contributed by atoms with Crippen molar-refractivity contribution in [3.63, 3.8) is 0 Å². The van der Waals surface area contributed by atoms with Crippen molar-refractivity contribution < 1.29 is 4.74 Å². The van der Waals surface area contributed by atoms with E-state index in [0.29, 0.717) is 6.61 Å². The Morgan fingerprint density at radius 2 is 2.06 bits per heavy atom. The number of hydrogen-bond acceptors (Lipinski definition) is 5. The predicted molar refractivity (Wildman–Crippen MR) is 70.8 cm³/mol. The van der Waals surface area contributed by atoms with Gasteiger partial charge in [0.1, 0.15) is 17.5 Å². The third kappa shape index (κ3) is 3.30. The van der Waals surface area contributed by atoms with Gasteiger partial charge in [-0.2, -0.15) is 0 Å². The third-order valence-electron chi connectivity index (χ3n) is 2.71. The predicted octanol–water partition coefficient (Wildman–Crippen LogP) is 1.47. The molecule has 5 nitrogen and oxygen atoms in total. The highest BCUT2D eigenvalue weighted by atomic mass is 16.5. The molecule has 0 bridgehead atoms. The Kier molecular flexibility index (Phi) is 5.15. The highest BCUT2D eigenvalue weighted by molar-refractivity contribution is 5.58. The minimum atomic E-state index is 0.691. The molecule has 17 heavy (non-hydrogen) atoms. The fourth-order valence-corrected chi connectivity index (χ4v) is 1.66. The summed E-state index contributed by atoms with van der Waals surface area (Å²) in [5, 5.41) is 3.11. The van der Waals surface area contributed by atoms with Crippen LogP contribution in [0.4, 0.5) is 11.6 Å². The van der Waals surface area contributed by atoms with Gasteiger partial charge in [-0.1, -0.05) is 6.92 Å². The molecule has 0 aliphatic rings. The first kappa shape index (κ1) is 13.7. The molecule has 1 aromatic heterocycles. The monoisotopic (exact) mass is 238 g/mol. The number of anilines is 2. The van der Waals surface area contributed by atoms with Gasteiger partial charge in [0.25, 0.3) is 0 Å². The maximum Gasteiger partial charge on any atom is 0.137 e. The molecule has 96 valence electrons. The molecular weight excluding hydrogens is 216 g/mol. The van der Waals surface area contributed by atoms with E-state index in [1.165, 1.54) is 0 Å². The Labute approximate surface area is 103 Å². The summed E-state index contributed by atoms with van der Waals surface area (Å²) in [5.74, 6) is 2.73. The van der Waals surface area contributed by atoms with Gasteiger partial charge in [-0.3, -0.25) is 0 Å². The summed E-state index contributed by atoms with van der Waals surface area (Å²) >= 11 is 0. The van der Waals surface area contributed by atoms with Crippen LogP contribution in [-0.2, 0) is 11.2 Å². The smallest absolute Gasteiger partial charge is 0.137 e. The van der Waals surface area contributed by atoms with Crippen LogP contribution in [0.25, 0.3) is 0 Å². The Morgan fingerprint density at radius 3 is 2.59 bits per heavy atom. The van der Waals surface area contributed by atoms with Gasteiger partial charge in [0.05, 0.1) is 6.61 Å². The quantitative estimate of drug-likeness (QED) is 0.813. The molecule has 0 spiro atoms. The molecule has 1 aromatic rings. The molecule has 0 aromatic carbocycles. The van der Waals surface area contributed by atoms with Gasteiger partial charge in [-0.05, 0) is 6.92 Å². The molecule has 1 rings (SSSR count). The van der Waals surface area contributed by atoms with E-state index < -0.39 is 0 Å². The standard InChI is InChI=1S/C12H22N4O/c1-6-10-14-11(13-3)9(2)12(15-10)16(4)7-8-17-5/h6-8H2,1-5H3,(H,13,14,15). The average molecular weight is 238 g/mol. The number of likely N-dealkylation sites (N-methyl/N-ethyl adjacent to an activating group) is 1. The molecule has 5 heteroatoms. The zero-order valence-corrected chi connectivity index (χ0v) is 11.4. The molecule has 1 heterocycles. The summed E-state index contributed by atoms with van der Waals surface area (Å²) in [6, 6.07) is 0. The summed E-state index contributed by atoms with van der Waals surface area (Å²) < 4.78 is 5.09. The molecule has 0 atom stereocenters. The lowest BCUT2D eigenvalue weighted by Crippen LogP contribution is -2.25. The largest absolute Gasteiger partial charge is 0.383 e. The zero-order chi connectivity index (χ0) is 12.8. The van der Waals surface area contributed by atoms with Gasteiger partial charge < -0.3 is 15.0 Å². The van der Waals surface area contributed by atoms with Crippen LogP contribution in [0.1, 0.15) is 18.3 Å². The van der Waals surface area contributed by atoms with E-state index in [1.54, 1.807) is 7.11 Å². The van der Waals surface area contributed by atoms with Crippen LogP contribution in [0.5, 0.6) is 0 Å². The van der Waals surface area contributed by atoms with Crippen LogP contribution < -0.4 is 10.2 Å². The summed E-state index contributed by atoms with van der Waals surface area (Å²) in [6.45, 7) is 5.60. The maximum atomic E-state index is 5.09. The van der Waals surface area contributed by atoms with Crippen LogP contribution >= 0.6 is 0 Å². The van der Waals surface area contributed by atoms with Crippen molar-refractivity contribution in [1.82, 2.24) is 9.97 Å². The Balaban J connectivity index is 3.03. The molecule has 0 aliphatic heterocycles. The summed E-state index contributed by atoms with van der Waals surface area (Å²) in [7, 11) is 5.61. The number of rotatable bonds is 6. The first-order chi connectivity index (χ1) is 8.13. The van der Waals surface area contributed by atoms with Crippen LogP contribution in [-0.4, -0.2) is 44.3 Å². The van der Waals surface area contributed by atoms with Crippen molar-refractivity contribution in [3.05, 3.63) is 11.4 Å². The summed E-state index contributed by atoms with van der Waals surface area (Å²) in [4.78, 5) is 11.1. The Hall–Kier alpha value is -1.36. The third-order valence-corrected chi connectivity index (χ3v) is 2.71. The molecule has 0 unspecified atom stereocenters.